The topological polar surface area (TPSA) is 3.24 Å². The van der Waals surface area contributed by atoms with Crippen LogP contribution in [0.15, 0.2) is 85.5 Å². The Hall–Kier alpha value is -2.38. The Morgan fingerprint density at radius 3 is 2.23 bits per heavy atom. The molecule has 0 N–H and O–H groups in total. The molecule has 0 aliphatic heterocycles. The highest BCUT2D eigenvalue weighted by Crippen LogP contribution is 2.19. The van der Waals surface area contributed by atoms with Gasteiger partial charge in [0.2, 0.25) is 0 Å². The second-order valence-electron chi connectivity index (χ2n) is 5.29. The molecular weight excluding hydrogens is 266 g/mol. The minimum Gasteiger partial charge on any atom is -0.299 e. The summed E-state index contributed by atoms with van der Waals surface area (Å²) in [4.78, 5) is 2.22. The van der Waals surface area contributed by atoms with Crippen molar-refractivity contribution in [3.05, 3.63) is 96.6 Å². The van der Waals surface area contributed by atoms with Gasteiger partial charge in [0.25, 0.3) is 0 Å². The molecule has 0 unspecified atom stereocenters. The minimum atomic E-state index is 0.896. The van der Waals surface area contributed by atoms with Crippen LogP contribution in [0.2, 0.25) is 0 Å². The predicted octanol–water partition coefficient (Wildman–Crippen LogP) is 4.90. The van der Waals surface area contributed by atoms with Crippen LogP contribution in [0.4, 0.5) is 0 Å². The SMILES string of the molecule is C=CCN(C)C/C=C/C(=C\c1ccccc1)c1ccccc1. The highest BCUT2D eigenvalue weighted by Gasteiger charge is 1.98. The van der Waals surface area contributed by atoms with Crippen LogP contribution < -0.4 is 0 Å². The molecule has 0 heterocycles. The van der Waals surface area contributed by atoms with Crippen LogP contribution in [0.1, 0.15) is 11.1 Å². The molecule has 2 aromatic rings. The van der Waals surface area contributed by atoms with Crippen molar-refractivity contribution in [1.82, 2.24) is 4.90 Å². The first-order chi connectivity index (χ1) is 10.8. The first-order valence-corrected chi connectivity index (χ1v) is 7.58. The van der Waals surface area contributed by atoms with E-state index in [1.165, 1.54) is 16.7 Å². The van der Waals surface area contributed by atoms with E-state index in [1.54, 1.807) is 0 Å². The Bertz CT molecular complexity index is 623. The summed E-state index contributed by atoms with van der Waals surface area (Å²) in [5.41, 5.74) is 3.67. The van der Waals surface area contributed by atoms with Gasteiger partial charge in [-0.3, -0.25) is 4.90 Å². The van der Waals surface area contributed by atoms with Gasteiger partial charge in [0.15, 0.2) is 0 Å². The molecule has 0 saturated carbocycles. The Kier molecular flexibility index (Phi) is 6.40. The number of rotatable bonds is 7. The average molecular weight is 289 g/mol. The van der Waals surface area contributed by atoms with Crippen LogP contribution in [-0.2, 0) is 0 Å². The third kappa shape index (κ3) is 5.19. The predicted molar refractivity (Wildman–Crippen MR) is 97.6 cm³/mol. The van der Waals surface area contributed by atoms with Gasteiger partial charge in [0.1, 0.15) is 0 Å². The van der Waals surface area contributed by atoms with Crippen LogP contribution in [0.25, 0.3) is 11.6 Å². The average Bonchev–Trinajstić information content (AvgIpc) is 2.56. The molecule has 112 valence electrons. The summed E-state index contributed by atoms with van der Waals surface area (Å²) in [6, 6.07) is 20.9. The zero-order valence-electron chi connectivity index (χ0n) is 13.2. The molecule has 2 aromatic carbocycles. The van der Waals surface area contributed by atoms with Gasteiger partial charge in [0, 0.05) is 13.1 Å². The van der Waals surface area contributed by atoms with E-state index in [1.807, 2.05) is 18.2 Å². The lowest BCUT2D eigenvalue weighted by molar-refractivity contribution is 0.413. The number of allylic oxidation sites excluding steroid dienone is 2. The van der Waals surface area contributed by atoms with Crippen LogP contribution in [0, 0.1) is 0 Å². The van der Waals surface area contributed by atoms with Crippen molar-refractivity contribution in [3.8, 4) is 0 Å². The van der Waals surface area contributed by atoms with Gasteiger partial charge in [-0.05, 0) is 29.8 Å². The molecule has 2 rings (SSSR count). The normalized spacial score (nSPS) is 12.0. The molecule has 0 aromatic heterocycles. The maximum Gasteiger partial charge on any atom is 0.0166 e. The molecule has 1 nitrogen and oxygen atoms in total. The largest absolute Gasteiger partial charge is 0.299 e. The molecule has 0 aliphatic carbocycles. The standard InChI is InChI=1S/C21H23N/c1-3-16-22(2)17-10-15-21(20-13-8-5-9-14-20)18-19-11-6-4-7-12-19/h3-15,18H,1,16-17H2,2H3/b15-10+,21-18+. The van der Waals surface area contributed by atoms with Crippen molar-refractivity contribution in [1.29, 1.82) is 0 Å². The number of benzene rings is 2. The lowest BCUT2D eigenvalue weighted by Crippen LogP contribution is -2.17. The Morgan fingerprint density at radius 2 is 1.59 bits per heavy atom. The molecule has 1 heteroatoms. The molecule has 0 amide bonds. The lowest BCUT2D eigenvalue weighted by atomic mass is 10.0. The van der Waals surface area contributed by atoms with Crippen molar-refractivity contribution in [2.75, 3.05) is 20.1 Å². The molecule has 0 saturated heterocycles. The molecule has 0 aliphatic rings. The van der Waals surface area contributed by atoms with Crippen molar-refractivity contribution in [2.24, 2.45) is 0 Å². The van der Waals surface area contributed by atoms with Crippen molar-refractivity contribution >= 4 is 11.6 Å². The van der Waals surface area contributed by atoms with Gasteiger partial charge in [-0.2, -0.15) is 0 Å². The summed E-state index contributed by atoms with van der Waals surface area (Å²) >= 11 is 0. The zero-order valence-corrected chi connectivity index (χ0v) is 13.2. The van der Waals surface area contributed by atoms with Crippen LogP contribution >= 0.6 is 0 Å². The highest BCUT2D eigenvalue weighted by molar-refractivity contribution is 5.87. The first-order valence-electron chi connectivity index (χ1n) is 7.58. The van der Waals surface area contributed by atoms with Crippen molar-refractivity contribution < 1.29 is 0 Å². The Balaban J connectivity index is 2.21. The van der Waals surface area contributed by atoms with Crippen LogP contribution in [0.3, 0.4) is 0 Å². The number of likely N-dealkylation sites (N-methyl/N-ethyl adjacent to an activating group) is 1. The fourth-order valence-electron chi connectivity index (χ4n) is 2.24. The third-order valence-electron chi connectivity index (χ3n) is 3.38. The van der Waals surface area contributed by atoms with Crippen molar-refractivity contribution in [3.63, 3.8) is 0 Å². The maximum absolute atomic E-state index is 3.77. The van der Waals surface area contributed by atoms with Gasteiger partial charge < -0.3 is 0 Å². The summed E-state index contributed by atoms with van der Waals surface area (Å²) in [7, 11) is 2.09. The first kappa shape index (κ1) is 16.0. The molecule has 22 heavy (non-hydrogen) atoms. The number of hydrogen-bond donors (Lipinski definition) is 0. The highest BCUT2D eigenvalue weighted by atomic mass is 15.1. The maximum atomic E-state index is 3.77. The molecule has 0 atom stereocenters. The van der Waals surface area contributed by atoms with Gasteiger partial charge in [-0.25, -0.2) is 0 Å². The van der Waals surface area contributed by atoms with E-state index in [9.17, 15) is 0 Å². The molecular formula is C21H23N. The van der Waals surface area contributed by atoms with E-state index in [4.69, 9.17) is 0 Å². The second kappa shape index (κ2) is 8.81. The van der Waals surface area contributed by atoms with E-state index < -0.39 is 0 Å². The smallest absolute Gasteiger partial charge is 0.0166 e. The van der Waals surface area contributed by atoms with E-state index in [-0.39, 0.29) is 0 Å². The zero-order chi connectivity index (χ0) is 15.6. The molecule has 0 fully saturated rings. The van der Waals surface area contributed by atoms with Gasteiger partial charge >= 0.3 is 0 Å². The van der Waals surface area contributed by atoms with Gasteiger partial charge in [-0.15, -0.1) is 6.58 Å². The molecule has 0 bridgehead atoms. The third-order valence-corrected chi connectivity index (χ3v) is 3.38. The lowest BCUT2D eigenvalue weighted by Gasteiger charge is -2.11. The van der Waals surface area contributed by atoms with Crippen LogP contribution in [0.5, 0.6) is 0 Å². The Morgan fingerprint density at radius 1 is 0.955 bits per heavy atom. The quantitative estimate of drug-likeness (QED) is 0.398. The summed E-state index contributed by atoms with van der Waals surface area (Å²) < 4.78 is 0. The van der Waals surface area contributed by atoms with E-state index >= 15 is 0 Å². The fraction of sp³-hybridized carbons (Fsp3) is 0.143. The second-order valence-corrected chi connectivity index (χ2v) is 5.29. The monoisotopic (exact) mass is 289 g/mol. The number of nitrogens with zero attached hydrogens (tertiary/aromatic N) is 1. The van der Waals surface area contributed by atoms with E-state index in [2.05, 4.69) is 85.3 Å². The molecule has 0 spiro atoms. The molecule has 0 radical (unpaired) electrons. The van der Waals surface area contributed by atoms with E-state index in [0.29, 0.717) is 0 Å². The minimum absolute atomic E-state index is 0.896. The van der Waals surface area contributed by atoms with Gasteiger partial charge in [0.05, 0.1) is 0 Å². The summed E-state index contributed by atoms with van der Waals surface area (Å²) in [5.74, 6) is 0. The summed E-state index contributed by atoms with van der Waals surface area (Å²) in [6.45, 7) is 5.57. The Labute approximate surface area is 133 Å². The van der Waals surface area contributed by atoms with Gasteiger partial charge in [-0.1, -0.05) is 78.9 Å². The summed E-state index contributed by atoms with van der Waals surface area (Å²) in [6.07, 6.45) is 8.54. The summed E-state index contributed by atoms with van der Waals surface area (Å²) in [5, 5.41) is 0. The number of hydrogen-bond acceptors (Lipinski definition) is 1. The van der Waals surface area contributed by atoms with Crippen LogP contribution in [-0.4, -0.2) is 25.0 Å². The van der Waals surface area contributed by atoms with E-state index in [0.717, 1.165) is 13.1 Å². The fourth-order valence-corrected chi connectivity index (χ4v) is 2.24. The van der Waals surface area contributed by atoms with Crippen molar-refractivity contribution in [2.45, 2.75) is 0 Å².